The molecule has 1 heterocycles. The summed E-state index contributed by atoms with van der Waals surface area (Å²) in [6, 6.07) is 6.37. The van der Waals surface area contributed by atoms with Gasteiger partial charge in [0.15, 0.2) is 0 Å². The van der Waals surface area contributed by atoms with Gasteiger partial charge in [0, 0.05) is 0 Å². The normalized spacial score (nSPS) is 10.4. The molecule has 0 saturated carbocycles. The van der Waals surface area contributed by atoms with E-state index in [1.165, 1.54) is 16.9 Å². The summed E-state index contributed by atoms with van der Waals surface area (Å²) >= 11 is 3.23. The Morgan fingerprint density at radius 2 is 2.07 bits per heavy atom. The molecule has 3 nitrogen and oxygen atoms in total. The molecule has 0 aliphatic rings. The van der Waals surface area contributed by atoms with Gasteiger partial charge >= 0.3 is 0 Å². The maximum atomic E-state index is 13.3. The highest BCUT2D eigenvalue weighted by Gasteiger charge is 2.09. The van der Waals surface area contributed by atoms with Crippen molar-refractivity contribution >= 4 is 21.6 Å². The van der Waals surface area contributed by atoms with Crippen LogP contribution in [0.25, 0.3) is 5.69 Å². The third-order valence-electron chi connectivity index (χ3n) is 1.82. The van der Waals surface area contributed by atoms with Gasteiger partial charge in [-0.2, -0.15) is 5.10 Å². The molecular weight excluding hydrogens is 249 g/mol. The average Bonchev–Trinajstić information content (AvgIpc) is 2.49. The van der Waals surface area contributed by atoms with Crippen LogP contribution < -0.4 is 5.73 Å². The Bertz CT molecular complexity index is 467. The maximum Gasteiger partial charge on any atom is 0.148 e. The van der Waals surface area contributed by atoms with Crippen molar-refractivity contribution in [3.8, 4) is 5.69 Å². The minimum Gasteiger partial charge on any atom is -0.395 e. The number of halogens is 2. The van der Waals surface area contributed by atoms with E-state index in [1.807, 2.05) is 0 Å². The van der Waals surface area contributed by atoms with E-state index in [2.05, 4.69) is 21.0 Å². The van der Waals surface area contributed by atoms with Crippen LogP contribution in [0.15, 0.2) is 35.1 Å². The summed E-state index contributed by atoms with van der Waals surface area (Å²) < 4.78 is 15.3. The number of rotatable bonds is 1. The molecule has 1 aromatic heterocycles. The van der Waals surface area contributed by atoms with E-state index in [1.54, 1.807) is 18.2 Å². The number of nitrogens with zero attached hydrogens (tertiary/aromatic N) is 2. The molecule has 5 heteroatoms. The predicted molar refractivity (Wildman–Crippen MR) is 55.6 cm³/mol. The van der Waals surface area contributed by atoms with Gasteiger partial charge in [0.25, 0.3) is 0 Å². The summed E-state index contributed by atoms with van der Waals surface area (Å²) in [5.41, 5.74) is 6.43. The molecule has 2 rings (SSSR count). The van der Waals surface area contributed by atoms with Crippen molar-refractivity contribution in [1.82, 2.24) is 9.78 Å². The van der Waals surface area contributed by atoms with Gasteiger partial charge in [-0.3, -0.25) is 0 Å². The van der Waals surface area contributed by atoms with E-state index in [0.717, 1.165) is 0 Å². The van der Waals surface area contributed by atoms with Crippen molar-refractivity contribution in [2.24, 2.45) is 0 Å². The molecule has 0 fully saturated rings. The Hall–Kier alpha value is -1.36. The SMILES string of the molecule is Nc1cnn(-c2ccccc2F)c1Br. The second-order valence-electron chi connectivity index (χ2n) is 2.75. The number of para-hydroxylation sites is 1. The first-order chi connectivity index (χ1) is 6.70. The van der Waals surface area contributed by atoms with Crippen molar-refractivity contribution in [1.29, 1.82) is 0 Å². The number of anilines is 1. The Morgan fingerprint density at radius 1 is 1.36 bits per heavy atom. The molecule has 0 bridgehead atoms. The van der Waals surface area contributed by atoms with Crippen LogP contribution in [-0.4, -0.2) is 9.78 Å². The quantitative estimate of drug-likeness (QED) is 0.851. The van der Waals surface area contributed by atoms with Gasteiger partial charge in [0.2, 0.25) is 0 Å². The highest BCUT2D eigenvalue weighted by molar-refractivity contribution is 9.10. The van der Waals surface area contributed by atoms with E-state index in [-0.39, 0.29) is 5.82 Å². The molecule has 14 heavy (non-hydrogen) atoms. The lowest BCUT2D eigenvalue weighted by Crippen LogP contribution is -1.99. The van der Waals surface area contributed by atoms with Crippen LogP contribution in [0.5, 0.6) is 0 Å². The molecule has 0 aliphatic heterocycles. The Labute approximate surface area is 88.5 Å². The third-order valence-corrected chi connectivity index (χ3v) is 2.61. The van der Waals surface area contributed by atoms with E-state index in [0.29, 0.717) is 16.0 Å². The number of nitrogen functional groups attached to an aromatic ring is 1. The highest BCUT2D eigenvalue weighted by atomic mass is 79.9. The van der Waals surface area contributed by atoms with Gasteiger partial charge in [0.1, 0.15) is 16.1 Å². The summed E-state index contributed by atoms with van der Waals surface area (Å²) in [5.74, 6) is -0.337. The van der Waals surface area contributed by atoms with E-state index in [4.69, 9.17) is 5.73 Å². The van der Waals surface area contributed by atoms with Crippen molar-refractivity contribution in [2.75, 3.05) is 5.73 Å². The fourth-order valence-electron chi connectivity index (χ4n) is 1.14. The Balaban J connectivity index is 2.60. The van der Waals surface area contributed by atoms with Gasteiger partial charge < -0.3 is 5.73 Å². The highest BCUT2D eigenvalue weighted by Crippen LogP contribution is 2.23. The monoisotopic (exact) mass is 255 g/mol. The van der Waals surface area contributed by atoms with Crippen molar-refractivity contribution < 1.29 is 4.39 Å². The topological polar surface area (TPSA) is 43.8 Å². The summed E-state index contributed by atoms with van der Waals surface area (Å²) in [6.45, 7) is 0. The van der Waals surface area contributed by atoms with Gasteiger partial charge in [-0.1, -0.05) is 12.1 Å². The van der Waals surface area contributed by atoms with E-state index in [9.17, 15) is 4.39 Å². The second-order valence-corrected chi connectivity index (χ2v) is 3.51. The van der Waals surface area contributed by atoms with Gasteiger partial charge in [-0.05, 0) is 28.1 Å². The first-order valence-electron chi connectivity index (χ1n) is 3.94. The number of nitrogens with two attached hydrogens (primary N) is 1. The number of aromatic nitrogens is 2. The minimum absolute atomic E-state index is 0.337. The van der Waals surface area contributed by atoms with Crippen LogP contribution >= 0.6 is 15.9 Å². The van der Waals surface area contributed by atoms with E-state index < -0.39 is 0 Å². The zero-order chi connectivity index (χ0) is 10.1. The average molecular weight is 256 g/mol. The van der Waals surface area contributed by atoms with Crippen LogP contribution in [0, 0.1) is 5.82 Å². The molecule has 72 valence electrons. The van der Waals surface area contributed by atoms with Gasteiger partial charge in [-0.15, -0.1) is 0 Å². The molecule has 0 amide bonds. The smallest absolute Gasteiger partial charge is 0.148 e. The summed E-state index contributed by atoms with van der Waals surface area (Å²) in [4.78, 5) is 0. The fourth-order valence-corrected chi connectivity index (χ4v) is 1.52. The van der Waals surface area contributed by atoms with Crippen molar-refractivity contribution in [2.45, 2.75) is 0 Å². The summed E-state index contributed by atoms with van der Waals surface area (Å²) in [6.07, 6.45) is 1.47. The molecule has 0 unspecified atom stereocenters. The van der Waals surface area contributed by atoms with Gasteiger partial charge in [0.05, 0.1) is 11.9 Å². The zero-order valence-electron chi connectivity index (χ0n) is 7.11. The lowest BCUT2D eigenvalue weighted by Gasteiger charge is -2.03. The maximum absolute atomic E-state index is 13.3. The number of hydrogen-bond acceptors (Lipinski definition) is 2. The second kappa shape index (κ2) is 3.42. The lowest BCUT2D eigenvalue weighted by molar-refractivity contribution is 0.609. The van der Waals surface area contributed by atoms with Crippen molar-refractivity contribution in [3.63, 3.8) is 0 Å². The predicted octanol–water partition coefficient (Wildman–Crippen LogP) is 2.36. The molecule has 0 aliphatic carbocycles. The van der Waals surface area contributed by atoms with Crippen LogP contribution in [-0.2, 0) is 0 Å². The molecule has 2 N–H and O–H groups in total. The number of hydrogen-bond donors (Lipinski definition) is 1. The molecule has 0 atom stereocenters. The molecule has 1 aromatic carbocycles. The van der Waals surface area contributed by atoms with Crippen LogP contribution in [0.2, 0.25) is 0 Å². The van der Waals surface area contributed by atoms with Crippen LogP contribution in [0.1, 0.15) is 0 Å². The van der Waals surface area contributed by atoms with E-state index >= 15 is 0 Å². The summed E-state index contributed by atoms with van der Waals surface area (Å²) in [7, 11) is 0. The molecular formula is C9H7BrFN3. The minimum atomic E-state index is -0.337. The lowest BCUT2D eigenvalue weighted by atomic mass is 10.3. The molecule has 0 spiro atoms. The van der Waals surface area contributed by atoms with Crippen molar-refractivity contribution in [3.05, 3.63) is 40.9 Å². The molecule has 0 radical (unpaired) electrons. The largest absolute Gasteiger partial charge is 0.395 e. The van der Waals surface area contributed by atoms with Crippen LogP contribution in [0.4, 0.5) is 10.1 Å². The third kappa shape index (κ3) is 1.39. The Morgan fingerprint density at radius 3 is 2.64 bits per heavy atom. The van der Waals surface area contributed by atoms with Gasteiger partial charge in [-0.25, -0.2) is 9.07 Å². The zero-order valence-corrected chi connectivity index (χ0v) is 8.70. The molecule has 0 saturated heterocycles. The summed E-state index contributed by atoms with van der Waals surface area (Å²) in [5, 5.41) is 3.95. The molecule has 2 aromatic rings. The first kappa shape index (κ1) is 9.21. The Kier molecular flexibility index (Phi) is 2.25. The first-order valence-corrected chi connectivity index (χ1v) is 4.73. The standard InChI is InChI=1S/C9H7BrFN3/c10-9-7(12)5-13-14(9)8-4-2-1-3-6(8)11/h1-5H,12H2. The number of benzene rings is 1. The van der Waals surface area contributed by atoms with Crippen LogP contribution in [0.3, 0.4) is 0 Å². The fraction of sp³-hybridized carbons (Fsp3) is 0.